The first-order chi connectivity index (χ1) is 9.30. The predicted molar refractivity (Wildman–Crippen MR) is 76.1 cm³/mol. The number of rotatable bonds is 0. The van der Waals surface area contributed by atoms with Gasteiger partial charge in [0.15, 0.2) is 0 Å². The summed E-state index contributed by atoms with van der Waals surface area (Å²) in [7, 11) is 0. The zero-order valence-corrected chi connectivity index (χ0v) is 12.4. The van der Waals surface area contributed by atoms with Gasteiger partial charge in [-0.25, -0.2) is 4.79 Å². The van der Waals surface area contributed by atoms with Crippen molar-refractivity contribution in [2.24, 2.45) is 0 Å². The summed E-state index contributed by atoms with van der Waals surface area (Å²) >= 11 is 0. The lowest BCUT2D eigenvalue weighted by Crippen LogP contribution is -2.45. The Hall–Kier alpha value is -2.02. The van der Waals surface area contributed by atoms with E-state index in [2.05, 4.69) is 6.07 Å². The highest BCUT2D eigenvalue weighted by Crippen LogP contribution is 2.25. The normalized spacial score (nSPS) is 18.1. The summed E-state index contributed by atoms with van der Waals surface area (Å²) in [4.78, 5) is 14.0. The van der Waals surface area contributed by atoms with Gasteiger partial charge in [-0.2, -0.15) is 5.26 Å². The molecule has 4 nitrogen and oxygen atoms in total. The second kappa shape index (κ2) is 5.16. The zero-order chi connectivity index (χ0) is 14.9. The summed E-state index contributed by atoms with van der Waals surface area (Å²) in [5.41, 5.74) is 2.42. The maximum Gasteiger partial charge on any atom is 0.410 e. The van der Waals surface area contributed by atoms with Crippen molar-refractivity contribution in [2.45, 2.75) is 52.3 Å². The third kappa shape index (κ3) is 3.11. The predicted octanol–water partition coefficient (Wildman–Crippen LogP) is 3.24. The Labute approximate surface area is 120 Å². The highest BCUT2D eigenvalue weighted by molar-refractivity contribution is 5.69. The maximum atomic E-state index is 12.2. The van der Waals surface area contributed by atoms with Crippen LogP contribution in [-0.2, 0) is 17.7 Å². The fraction of sp³-hybridized carbons (Fsp3) is 0.500. The van der Waals surface area contributed by atoms with Crippen LogP contribution in [0.1, 0.15) is 44.4 Å². The summed E-state index contributed by atoms with van der Waals surface area (Å²) in [5.74, 6) is 0. The summed E-state index contributed by atoms with van der Waals surface area (Å²) < 4.78 is 5.44. The second-order valence-electron chi connectivity index (χ2n) is 6.26. The van der Waals surface area contributed by atoms with E-state index in [1.54, 1.807) is 11.0 Å². The molecule has 1 heterocycles. The fourth-order valence-electron chi connectivity index (χ4n) is 2.37. The molecule has 0 saturated heterocycles. The minimum Gasteiger partial charge on any atom is -0.444 e. The van der Waals surface area contributed by atoms with E-state index in [4.69, 9.17) is 10.00 Å². The van der Waals surface area contributed by atoms with Crippen molar-refractivity contribution in [2.75, 3.05) is 0 Å². The van der Waals surface area contributed by atoms with Crippen LogP contribution >= 0.6 is 0 Å². The summed E-state index contributed by atoms with van der Waals surface area (Å²) in [6, 6.07) is 7.86. The Balaban J connectivity index is 2.20. The molecular formula is C16H20N2O2. The van der Waals surface area contributed by atoms with Crippen molar-refractivity contribution in [3.63, 3.8) is 0 Å². The molecule has 20 heavy (non-hydrogen) atoms. The molecule has 0 bridgehead atoms. The van der Waals surface area contributed by atoms with E-state index < -0.39 is 5.60 Å². The number of hydrogen-bond acceptors (Lipinski definition) is 3. The molecule has 106 valence electrons. The van der Waals surface area contributed by atoms with Gasteiger partial charge in [-0.1, -0.05) is 6.07 Å². The van der Waals surface area contributed by atoms with E-state index in [9.17, 15) is 4.79 Å². The Morgan fingerprint density at radius 3 is 2.70 bits per heavy atom. The molecule has 1 atom stereocenters. The summed E-state index contributed by atoms with van der Waals surface area (Å²) in [6.07, 6.45) is 0.476. The van der Waals surface area contributed by atoms with Gasteiger partial charge in [0.1, 0.15) is 5.60 Å². The van der Waals surface area contributed by atoms with Crippen molar-refractivity contribution < 1.29 is 9.53 Å². The quantitative estimate of drug-likeness (QED) is 0.728. The Bertz CT molecular complexity index is 567. The SMILES string of the molecule is CC1Cc2cc(C#N)ccc2CN1C(=O)OC(C)(C)C. The summed E-state index contributed by atoms with van der Waals surface area (Å²) in [6.45, 7) is 8.15. The highest BCUT2D eigenvalue weighted by Gasteiger charge is 2.30. The van der Waals surface area contributed by atoms with E-state index in [1.807, 2.05) is 39.8 Å². The molecule has 2 rings (SSSR count). The second-order valence-corrected chi connectivity index (χ2v) is 6.26. The first kappa shape index (κ1) is 14.4. The van der Waals surface area contributed by atoms with E-state index in [-0.39, 0.29) is 12.1 Å². The molecule has 0 saturated carbocycles. The van der Waals surface area contributed by atoms with E-state index >= 15 is 0 Å². The fourth-order valence-corrected chi connectivity index (χ4v) is 2.37. The molecule has 1 aliphatic rings. The largest absolute Gasteiger partial charge is 0.444 e. The minimum atomic E-state index is -0.484. The van der Waals surface area contributed by atoms with Crippen LogP contribution in [0.3, 0.4) is 0 Å². The number of nitrogens with zero attached hydrogens (tertiary/aromatic N) is 2. The number of hydrogen-bond donors (Lipinski definition) is 0. The van der Waals surface area contributed by atoms with Gasteiger partial charge in [0.2, 0.25) is 0 Å². The average Bonchev–Trinajstić information content (AvgIpc) is 2.35. The molecule has 0 N–H and O–H groups in total. The number of fused-ring (bicyclic) bond motifs is 1. The molecule has 4 heteroatoms. The summed E-state index contributed by atoms with van der Waals surface area (Å²) in [5, 5.41) is 8.94. The first-order valence-electron chi connectivity index (χ1n) is 6.81. The molecule has 0 aromatic heterocycles. The number of ether oxygens (including phenoxy) is 1. The molecule has 1 aromatic rings. The van der Waals surface area contributed by atoms with Crippen LogP contribution in [0.2, 0.25) is 0 Å². The Kier molecular flexibility index (Phi) is 3.71. The van der Waals surface area contributed by atoms with Crippen molar-refractivity contribution in [1.29, 1.82) is 5.26 Å². The standard InChI is InChI=1S/C16H20N2O2/c1-11-7-14-8-12(9-17)5-6-13(14)10-18(11)15(19)20-16(2,3)4/h5-6,8,11H,7,10H2,1-4H3. The van der Waals surface area contributed by atoms with Crippen LogP contribution in [0.5, 0.6) is 0 Å². The molecule has 1 aliphatic heterocycles. The van der Waals surface area contributed by atoms with Crippen LogP contribution < -0.4 is 0 Å². The zero-order valence-electron chi connectivity index (χ0n) is 12.4. The van der Waals surface area contributed by atoms with Gasteiger partial charge < -0.3 is 9.64 Å². The van der Waals surface area contributed by atoms with E-state index in [0.717, 1.165) is 17.5 Å². The number of carbonyl (C=O) groups excluding carboxylic acids is 1. The molecule has 1 amide bonds. The van der Waals surface area contributed by atoms with Crippen LogP contribution in [0.25, 0.3) is 0 Å². The first-order valence-corrected chi connectivity index (χ1v) is 6.81. The van der Waals surface area contributed by atoms with Crippen LogP contribution in [0.4, 0.5) is 4.79 Å². The van der Waals surface area contributed by atoms with E-state index in [0.29, 0.717) is 12.1 Å². The number of amides is 1. The molecule has 0 fully saturated rings. The van der Waals surface area contributed by atoms with Gasteiger partial charge in [0.05, 0.1) is 11.6 Å². The third-order valence-corrected chi connectivity index (χ3v) is 3.35. The topological polar surface area (TPSA) is 53.3 Å². The van der Waals surface area contributed by atoms with Crippen molar-refractivity contribution in [3.8, 4) is 6.07 Å². The van der Waals surface area contributed by atoms with Gasteiger partial charge in [0, 0.05) is 12.6 Å². The van der Waals surface area contributed by atoms with Crippen LogP contribution in [0.15, 0.2) is 18.2 Å². The van der Waals surface area contributed by atoms with Crippen LogP contribution in [0, 0.1) is 11.3 Å². The number of carbonyl (C=O) groups is 1. The molecule has 0 spiro atoms. The van der Waals surface area contributed by atoms with Gasteiger partial charge in [-0.05, 0) is 57.4 Å². The smallest absolute Gasteiger partial charge is 0.410 e. The van der Waals surface area contributed by atoms with Crippen LogP contribution in [-0.4, -0.2) is 22.6 Å². The highest BCUT2D eigenvalue weighted by atomic mass is 16.6. The minimum absolute atomic E-state index is 0.0753. The van der Waals surface area contributed by atoms with Gasteiger partial charge in [0.25, 0.3) is 0 Å². The Morgan fingerprint density at radius 1 is 1.40 bits per heavy atom. The molecule has 1 aromatic carbocycles. The number of nitriles is 1. The monoisotopic (exact) mass is 272 g/mol. The molecule has 0 radical (unpaired) electrons. The van der Waals surface area contributed by atoms with E-state index in [1.165, 1.54) is 0 Å². The maximum absolute atomic E-state index is 12.2. The lowest BCUT2D eigenvalue weighted by Gasteiger charge is -2.36. The number of benzene rings is 1. The van der Waals surface area contributed by atoms with Crippen molar-refractivity contribution in [1.82, 2.24) is 4.90 Å². The average molecular weight is 272 g/mol. The lowest BCUT2D eigenvalue weighted by atomic mass is 9.93. The lowest BCUT2D eigenvalue weighted by molar-refractivity contribution is 0.0138. The molecule has 0 aliphatic carbocycles. The van der Waals surface area contributed by atoms with Gasteiger partial charge >= 0.3 is 6.09 Å². The van der Waals surface area contributed by atoms with Gasteiger partial charge in [-0.15, -0.1) is 0 Å². The van der Waals surface area contributed by atoms with Crippen molar-refractivity contribution >= 4 is 6.09 Å². The molecular weight excluding hydrogens is 252 g/mol. The molecule has 1 unspecified atom stereocenters. The Morgan fingerprint density at radius 2 is 2.10 bits per heavy atom. The third-order valence-electron chi connectivity index (χ3n) is 3.35. The van der Waals surface area contributed by atoms with Crippen molar-refractivity contribution in [3.05, 3.63) is 34.9 Å². The van der Waals surface area contributed by atoms with Gasteiger partial charge in [-0.3, -0.25) is 0 Å².